The molecule has 0 unspecified atom stereocenters. The van der Waals surface area contributed by atoms with Gasteiger partial charge in [-0.2, -0.15) is 0 Å². The lowest BCUT2D eigenvalue weighted by Gasteiger charge is -2.47. The highest BCUT2D eigenvalue weighted by Gasteiger charge is 2.55. The summed E-state index contributed by atoms with van der Waals surface area (Å²) in [6.07, 6.45) is 1.21. The smallest absolute Gasteiger partial charge is 0.219 e. The second-order valence-corrected chi connectivity index (χ2v) is 8.74. The molecule has 28 heavy (non-hydrogen) atoms. The number of benzene rings is 2. The lowest BCUT2D eigenvalue weighted by molar-refractivity contribution is 0.330. The largest absolute Gasteiger partial charge is 0.376 e. The summed E-state index contributed by atoms with van der Waals surface area (Å²) in [5.41, 5.74) is 9.12. The van der Waals surface area contributed by atoms with Gasteiger partial charge in [0.2, 0.25) is 6.71 Å². The lowest BCUT2D eigenvalue weighted by atomic mass is 9.35. The van der Waals surface area contributed by atoms with Crippen molar-refractivity contribution in [3.05, 3.63) is 42.0 Å². The maximum absolute atomic E-state index is 2.64. The first-order valence-corrected chi connectivity index (χ1v) is 11.1. The third-order valence-corrected chi connectivity index (χ3v) is 7.24. The van der Waals surface area contributed by atoms with Gasteiger partial charge in [-0.3, -0.25) is 0 Å². The van der Waals surface area contributed by atoms with E-state index >= 15 is 0 Å². The van der Waals surface area contributed by atoms with Crippen LogP contribution >= 0.6 is 0 Å². The first-order chi connectivity index (χ1) is 13.4. The van der Waals surface area contributed by atoms with Crippen LogP contribution in [0.3, 0.4) is 0 Å². The van der Waals surface area contributed by atoms with E-state index < -0.39 is 0 Å². The van der Waals surface area contributed by atoms with E-state index in [1.807, 2.05) is 27.7 Å². The summed E-state index contributed by atoms with van der Waals surface area (Å²) in [5, 5.41) is 0. The van der Waals surface area contributed by atoms with Gasteiger partial charge >= 0.3 is 0 Å². The number of nitrogens with zero attached hydrogens (tertiary/aromatic N) is 2. The van der Waals surface area contributed by atoms with Gasteiger partial charge in [0.15, 0.2) is 0 Å². The number of para-hydroxylation sites is 1. The van der Waals surface area contributed by atoms with Crippen molar-refractivity contribution in [3.63, 3.8) is 0 Å². The number of rotatable bonds is 0. The molecule has 0 spiro atoms. The van der Waals surface area contributed by atoms with Gasteiger partial charge in [0.05, 0.1) is 0 Å². The monoisotopic (exact) mass is 376 g/mol. The molecule has 0 N–H and O–H groups in total. The van der Waals surface area contributed by atoms with Gasteiger partial charge in [-0.25, -0.2) is 0 Å². The maximum atomic E-state index is 2.64. The predicted molar refractivity (Wildman–Crippen MR) is 128 cm³/mol. The number of anilines is 3. The number of fused-ring (bicyclic) bond motifs is 2. The fourth-order valence-electron chi connectivity index (χ4n) is 5.23. The van der Waals surface area contributed by atoms with E-state index in [9.17, 15) is 0 Å². The van der Waals surface area contributed by atoms with Gasteiger partial charge in [-0.05, 0) is 43.3 Å². The van der Waals surface area contributed by atoms with Crippen molar-refractivity contribution in [2.24, 2.45) is 0 Å². The second kappa shape index (κ2) is 7.17. The zero-order chi connectivity index (χ0) is 20.9. The van der Waals surface area contributed by atoms with Crippen molar-refractivity contribution in [3.8, 4) is 0 Å². The van der Waals surface area contributed by atoms with Crippen LogP contribution in [-0.2, 0) is 5.41 Å². The molecule has 0 radical (unpaired) electrons. The van der Waals surface area contributed by atoms with Gasteiger partial charge in [0, 0.05) is 41.6 Å². The third kappa shape index (κ3) is 2.48. The van der Waals surface area contributed by atoms with E-state index in [0.717, 1.165) is 6.54 Å². The Balaban J connectivity index is 0.000000531. The highest BCUT2D eigenvalue weighted by Crippen LogP contribution is 2.55. The van der Waals surface area contributed by atoms with E-state index in [-0.39, 0.29) is 11.0 Å². The molecule has 0 saturated heterocycles. The first kappa shape index (κ1) is 20.8. The average molecular weight is 376 g/mol. The van der Waals surface area contributed by atoms with Crippen molar-refractivity contribution in [1.29, 1.82) is 0 Å². The average Bonchev–Trinajstić information content (AvgIpc) is 2.88. The van der Waals surface area contributed by atoms with E-state index in [4.69, 9.17) is 0 Å². The van der Waals surface area contributed by atoms with Crippen LogP contribution in [-0.4, -0.2) is 25.8 Å². The van der Waals surface area contributed by atoms with Crippen LogP contribution in [0.2, 0.25) is 6.32 Å². The Bertz CT molecular complexity index is 869. The van der Waals surface area contributed by atoms with Gasteiger partial charge in [0.25, 0.3) is 0 Å². The quantitative estimate of drug-likeness (QED) is 0.574. The molecule has 2 aromatic rings. The molecule has 0 aromatic heterocycles. The van der Waals surface area contributed by atoms with E-state index in [1.165, 1.54) is 28.9 Å². The predicted octanol–water partition coefficient (Wildman–Crippen LogP) is 5.32. The summed E-state index contributed by atoms with van der Waals surface area (Å²) in [6.45, 7) is 19.3. The number of hydrogen-bond donors (Lipinski definition) is 0. The molecule has 3 aliphatic heterocycles. The molecular formula is C25H37BN2. The normalized spacial score (nSPS) is 19.0. The lowest BCUT2D eigenvalue weighted by Crippen LogP contribution is -2.59. The summed E-state index contributed by atoms with van der Waals surface area (Å²) in [6, 6.07) is 13.9. The van der Waals surface area contributed by atoms with Crippen LogP contribution in [0, 0.1) is 0 Å². The topological polar surface area (TPSA) is 6.48 Å². The van der Waals surface area contributed by atoms with Crippen LogP contribution in [0.5, 0.6) is 0 Å². The maximum Gasteiger partial charge on any atom is 0.219 e. The van der Waals surface area contributed by atoms with Crippen molar-refractivity contribution < 1.29 is 0 Å². The minimum atomic E-state index is 0.0571. The highest BCUT2D eigenvalue weighted by atomic mass is 15.3. The molecule has 150 valence electrons. The standard InChI is InChI=1S/C21H25BN2.2C2H6/c1-20(2)14-8-6-9-15-19(14)24(21(20,3)4)17-11-7-10-16-18(17)22(15)12-13-23(16)5;2*1-2/h6-11H,12-13H2,1-5H3;2*1-2H3. The minimum Gasteiger partial charge on any atom is -0.376 e. The molecule has 0 bridgehead atoms. The molecule has 3 heterocycles. The number of hydrogen-bond acceptors (Lipinski definition) is 2. The Morgan fingerprint density at radius 3 is 2.14 bits per heavy atom. The molecule has 0 amide bonds. The summed E-state index contributed by atoms with van der Waals surface area (Å²) in [4.78, 5) is 5.07. The summed E-state index contributed by atoms with van der Waals surface area (Å²) in [5.74, 6) is 0. The Hall–Kier alpha value is -1.90. The summed E-state index contributed by atoms with van der Waals surface area (Å²) < 4.78 is 0. The molecule has 3 heteroatoms. The second-order valence-electron chi connectivity index (χ2n) is 8.74. The van der Waals surface area contributed by atoms with Crippen molar-refractivity contribution in [1.82, 2.24) is 0 Å². The van der Waals surface area contributed by atoms with Crippen molar-refractivity contribution in [2.75, 3.05) is 23.4 Å². The summed E-state index contributed by atoms with van der Waals surface area (Å²) in [7, 11) is 2.23. The SMILES string of the molecule is CC.CC.CN1CCB2c3cccc4c3N(c3cccc1c32)C(C)(C)C4(C)C. The molecule has 3 aliphatic rings. The van der Waals surface area contributed by atoms with Crippen LogP contribution in [0.4, 0.5) is 17.1 Å². The zero-order valence-corrected chi connectivity index (χ0v) is 19.4. The molecule has 0 aliphatic carbocycles. The molecular weight excluding hydrogens is 339 g/mol. The minimum absolute atomic E-state index is 0.0571. The third-order valence-electron chi connectivity index (χ3n) is 7.24. The Kier molecular flexibility index (Phi) is 5.33. The Morgan fingerprint density at radius 2 is 1.46 bits per heavy atom. The molecule has 2 nitrogen and oxygen atoms in total. The van der Waals surface area contributed by atoms with Gasteiger partial charge < -0.3 is 9.80 Å². The Morgan fingerprint density at radius 1 is 0.857 bits per heavy atom. The summed E-state index contributed by atoms with van der Waals surface area (Å²) >= 11 is 0. The van der Waals surface area contributed by atoms with Crippen LogP contribution in [0.15, 0.2) is 36.4 Å². The fourth-order valence-corrected chi connectivity index (χ4v) is 5.23. The van der Waals surface area contributed by atoms with Crippen molar-refractivity contribution in [2.45, 2.75) is 72.7 Å². The zero-order valence-electron chi connectivity index (χ0n) is 19.4. The highest BCUT2D eigenvalue weighted by molar-refractivity contribution is 6.89. The van der Waals surface area contributed by atoms with Gasteiger partial charge in [-0.15, -0.1) is 0 Å². The van der Waals surface area contributed by atoms with Crippen molar-refractivity contribution >= 4 is 34.7 Å². The molecule has 0 saturated carbocycles. The van der Waals surface area contributed by atoms with Gasteiger partial charge in [-0.1, -0.05) is 71.3 Å². The van der Waals surface area contributed by atoms with Crippen LogP contribution in [0.1, 0.15) is 61.0 Å². The molecule has 2 aromatic carbocycles. The molecule has 5 rings (SSSR count). The molecule has 0 atom stereocenters. The van der Waals surface area contributed by atoms with Crippen LogP contribution < -0.4 is 20.7 Å². The fraction of sp³-hybridized carbons (Fsp3) is 0.520. The van der Waals surface area contributed by atoms with Gasteiger partial charge in [0.1, 0.15) is 0 Å². The first-order valence-electron chi connectivity index (χ1n) is 11.1. The van der Waals surface area contributed by atoms with E-state index in [2.05, 4.69) is 80.9 Å². The Labute approximate surface area is 173 Å². The molecule has 0 fully saturated rings. The van der Waals surface area contributed by atoms with E-state index in [0.29, 0.717) is 6.71 Å². The van der Waals surface area contributed by atoms with E-state index in [1.54, 1.807) is 10.9 Å². The van der Waals surface area contributed by atoms with Crippen LogP contribution in [0.25, 0.3) is 0 Å².